The van der Waals surface area contributed by atoms with E-state index in [1.807, 2.05) is 86.5 Å². The van der Waals surface area contributed by atoms with E-state index in [1.165, 1.54) is 0 Å². The van der Waals surface area contributed by atoms with Gasteiger partial charge in [-0.15, -0.1) is 5.06 Å². The molecule has 1 fully saturated rings. The maximum Gasteiger partial charge on any atom is 0.333 e. The lowest BCUT2D eigenvalue weighted by Gasteiger charge is -2.23. The molecule has 1 saturated heterocycles. The van der Waals surface area contributed by atoms with Crippen LogP contribution in [-0.4, -0.2) is 71.8 Å². The maximum atomic E-state index is 12.3. The third-order valence-corrected chi connectivity index (χ3v) is 7.48. The van der Waals surface area contributed by atoms with Gasteiger partial charge in [-0.1, -0.05) is 0 Å². The fourth-order valence-electron chi connectivity index (χ4n) is 5.16. The number of methoxy groups -OCH3 is 1. The van der Waals surface area contributed by atoms with Gasteiger partial charge in [0.05, 0.1) is 31.2 Å². The summed E-state index contributed by atoms with van der Waals surface area (Å²) in [7, 11) is 11.2. The highest BCUT2D eigenvalue weighted by molar-refractivity contribution is 6.04. The Balaban J connectivity index is 1.52. The topological polar surface area (TPSA) is 114 Å². The molecular formula is C33H36N4O7. The van der Waals surface area contributed by atoms with E-state index in [9.17, 15) is 14.4 Å². The summed E-state index contributed by atoms with van der Waals surface area (Å²) >= 11 is 0. The van der Waals surface area contributed by atoms with E-state index in [-0.39, 0.29) is 25.9 Å². The Morgan fingerprint density at radius 3 is 2.34 bits per heavy atom. The molecule has 2 amide bonds. The number of anilines is 2. The Kier molecular flexibility index (Phi) is 8.75. The standard InChI is InChI=1S/C33H36N4O7/c1-34-20-9-11-22-27(16-20)43-28-17-21(35(2)3)10-12-23(28)33(22)24-18-29(25(36(4)5)19-26(24)41-6)42-15-7-8-32(40)44-37-30(38)13-14-31(37)39/h9-12,16-19H,7-8,13-15H2,1-6H3. The van der Waals surface area contributed by atoms with Gasteiger partial charge in [0, 0.05) is 94.0 Å². The van der Waals surface area contributed by atoms with E-state index < -0.39 is 17.8 Å². The van der Waals surface area contributed by atoms with Crippen molar-refractivity contribution in [2.75, 3.05) is 58.8 Å². The first-order chi connectivity index (χ1) is 21.1. The highest BCUT2D eigenvalue weighted by atomic mass is 16.7. The van der Waals surface area contributed by atoms with Crippen LogP contribution < -0.4 is 24.6 Å². The molecule has 3 aliphatic rings. The largest absolute Gasteiger partial charge is 0.496 e. The summed E-state index contributed by atoms with van der Waals surface area (Å²) in [5.41, 5.74) is 5.11. The fraction of sp³-hybridized carbons (Fsp3) is 0.333. The number of hydrogen-bond donors (Lipinski definition) is 0. The number of carbonyl (C=O) groups excluding carboxylic acids is 3. The van der Waals surface area contributed by atoms with Crippen molar-refractivity contribution in [1.29, 1.82) is 0 Å². The van der Waals surface area contributed by atoms with E-state index in [4.69, 9.17) is 18.7 Å². The molecule has 2 aliphatic heterocycles. The minimum absolute atomic E-state index is 0.0220. The zero-order valence-corrected chi connectivity index (χ0v) is 25.8. The van der Waals surface area contributed by atoms with E-state index in [0.29, 0.717) is 34.3 Å². The summed E-state index contributed by atoms with van der Waals surface area (Å²) in [5.74, 6) is 0.249. The summed E-state index contributed by atoms with van der Waals surface area (Å²) < 4.78 is 18.6. The van der Waals surface area contributed by atoms with Crippen molar-refractivity contribution in [3.63, 3.8) is 0 Å². The predicted molar refractivity (Wildman–Crippen MR) is 167 cm³/mol. The Morgan fingerprint density at radius 1 is 0.932 bits per heavy atom. The van der Waals surface area contributed by atoms with E-state index >= 15 is 0 Å². The van der Waals surface area contributed by atoms with Crippen molar-refractivity contribution in [3.05, 3.63) is 53.9 Å². The first-order valence-corrected chi connectivity index (χ1v) is 14.3. The van der Waals surface area contributed by atoms with Gasteiger partial charge in [-0.05, 0) is 36.8 Å². The molecule has 0 saturated carbocycles. The van der Waals surface area contributed by atoms with Crippen molar-refractivity contribution in [1.82, 2.24) is 5.06 Å². The molecule has 11 nitrogen and oxygen atoms in total. The molecule has 2 aromatic rings. The van der Waals surface area contributed by atoms with Crippen LogP contribution in [0.4, 0.5) is 11.4 Å². The van der Waals surface area contributed by atoms with E-state index in [0.717, 1.165) is 38.8 Å². The highest BCUT2D eigenvalue weighted by Crippen LogP contribution is 2.47. The molecule has 230 valence electrons. The number of rotatable bonds is 10. The van der Waals surface area contributed by atoms with Crippen LogP contribution in [-0.2, 0) is 19.2 Å². The number of carbonyl (C=O) groups is 3. The Hall–Kier alpha value is -5.06. The van der Waals surface area contributed by atoms with Gasteiger partial charge in [0.2, 0.25) is 0 Å². The molecule has 0 bridgehead atoms. The van der Waals surface area contributed by atoms with Crippen LogP contribution in [0.25, 0.3) is 33.4 Å². The van der Waals surface area contributed by atoms with Gasteiger partial charge in [-0.25, -0.2) is 4.79 Å². The SMILES string of the molecule is CN=c1ccc2c(-c3cc(OCCCC(=O)ON4C(=O)CCC4=O)c(N(C)C)cc3OC)c3ccc(N(C)C)cc3oc-2c1. The van der Waals surface area contributed by atoms with Crippen LogP contribution >= 0.6 is 0 Å². The molecule has 0 spiro atoms. The van der Waals surface area contributed by atoms with Gasteiger partial charge >= 0.3 is 5.97 Å². The summed E-state index contributed by atoms with van der Waals surface area (Å²) in [6.07, 6.45) is 0.393. The molecule has 0 atom stereocenters. The lowest BCUT2D eigenvalue weighted by Crippen LogP contribution is -2.32. The van der Waals surface area contributed by atoms with Crippen LogP contribution in [0.15, 0.2) is 57.9 Å². The molecule has 0 radical (unpaired) electrons. The molecule has 0 unspecified atom stereocenters. The highest BCUT2D eigenvalue weighted by Gasteiger charge is 2.32. The van der Waals surface area contributed by atoms with Gasteiger partial charge in [-0.3, -0.25) is 14.6 Å². The molecule has 1 aliphatic carbocycles. The molecule has 5 rings (SSSR count). The number of hydroxylamine groups is 2. The zero-order chi connectivity index (χ0) is 31.5. The van der Waals surface area contributed by atoms with Crippen LogP contribution in [0.1, 0.15) is 25.7 Å². The number of benzene rings is 3. The van der Waals surface area contributed by atoms with Crippen LogP contribution in [0.2, 0.25) is 0 Å². The van der Waals surface area contributed by atoms with E-state index in [2.05, 4.69) is 4.99 Å². The van der Waals surface area contributed by atoms with Gasteiger partial charge < -0.3 is 28.5 Å². The summed E-state index contributed by atoms with van der Waals surface area (Å²) in [6.45, 7) is 0.197. The number of imide groups is 1. The van der Waals surface area contributed by atoms with Gasteiger partial charge in [-0.2, -0.15) is 0 Å². The summed E-state index contributed by atoms with van der Waals surface area (Å²) in [6, 6.07) is 15.8. The molecule has 0 N–H and O–H groups in total. The molecule has 2 heterocycles. The number of fused-ring (bicyclic) bond motifs is 2. The van der Waals surface area contributed by atoms with Crippen molar-refractivity contribution in [2.45, 2.75) is 25.7 Å². The Bertz CT molecular complexity index is 1760. The average Bonchev–Trinajstić information content (AvgIpc) is 3.32. The third-order valence-electron chi connectivity index (χ3n) is 7.48. The lowest BCUT2D eigenvalue weighted by molar-refractivity contribution is -0.197. The number of nitrogens with zero attached hydrogens (tertiary/aromatic N) is 4. The first-order valence-electron chi connectivity index (χ1n) is 14.3. The van der Waals surface area contributed by atoms with Crippen molar-refractivity contribution >= 4 is 40.1 Å². The molecule has 44 heavy (non-hydrogen) atoms. The van der Waals surface area contributed by atoms with Crippen molar-refractivity contribution < 1.29 is 33.1 Å². The van der Waals surface area contributed by atoms with Gasteiger partial charge in [0.25, 0.3) is 11.8 Å². The monoisotopic (exact) mass is 600 g/mol. The van der Waals surface area contributed by atoms with Crippen LogP contribution in [0, 0.1) is 0 Å². The second kappa shape index (κ2) is 12.7. The Labute approximate surface area is 255 Å². The minimum Gasteiger partial charge on any atom is -0.496 e. The Morgan fingerprint density at radius 2 is 1.68 bits per heavy atom. The van der Waals surface area contributed by atoms with Crippen LogP contribution in [0.5, 0.6) is 11.5 Å². The molecule has 11 heteroatoms. The first kappa shape index (κ1) is 30.4. The number of ether oxygens (including phenoxy) is 2. The molecular weight excluding hydrogens is 564 g/mol. The maximum absolute atomic E-state index is 12.3. The molecule has 2 aromatic carbocycles. The molecule has 0 aromatic heterocycles. The minimum atomic E-state index is -0.665. The van der Waals surface area contributed by atoms with Crippen molar-refractivity contribution in [2.24, 2.45) is 4.99 Å². The van der Waals surface area contributed by atoms with Crippen LogP contribution in [0.3, 0.4) is 0 Å². The normalized spacial score (nSPS) is 13.6. The van der Waals surface area contributed by atoms with E-state index in [1.54, 1.807) is 14.2 Å². The second-order valence-corrected chi connectivity index (χ2v) is 10.9. The third kappa shape index (κ3) is 6.03. The smallest absolute Gasteiger partial charge is 0.333 e. The summed E-state index contributed by atoms with van der Waals surface area (Å²) in [5, 5.41) is 2.26. The van der Waals surface area contributed by atoms with Gasteiger partial charge in [0.1, 0.15) is 22.8 Å². The lowest BCUT2D eigenvalue weighted by atomic mass is 9.92. The number of hydrogen-bond acceptors (Lipinski definition) is 10. The number of amides is 2. The van der Waals surface area contributed by atoms with Crippen molar-refractivity contribution in [3.8, 4) is 33.9 Å². The predicted octanol–water partition coefficient (Wildman–Crippen LogP) is 4.64. The second-order valence-electron chi connectivity index (χ2n) is 10.9. The summed E-state index contributed by atoms with van der Waals surface area (Å²) in [4.78, 5) is 49.1. The average molecular weight is 601 g/mol. The quantitative estimate of drug-likeness (QED) is 0.146. The zero-order valence-electron chi connectivity index (χ0n) is 25.8. The fourth-order valence-corrected chi connectivity index (χ4v) is 5.16. The van der Waals surface area contributed by atoms with Gasteiger partial charge in [0.15, 0.2) is 0 Å².